The number of aromatic amines is 1. The minimum absolute atomic E-state index is 0.0976. The molecule has 0 saturated carbocycles. The largest absolute Gasteiger partial charge is 0.507 e. The first-order chi connectivity index (χ1) is 13.7. The number of halogens is 1. The first kappa shape index (κ1) is 17.1. The molecule has 2 bridgehead atoms. The first-order valence-electron chi connectivity index (χ1n) is 9.39. The van der Waals surface area contributed by atoms with Crippen molar-refractivity contribution < 1.29 is 14.2 Å². The third-order valence-electron chi connectivity index (χ3n) is 5.54. The second-order valence-corrected chi connectivity index (χ2v) is 7.34. The number of nitrogens with zero attached hydrogens (tertiary/aromatic N) is 3. The molecule has 2 saturated heterocycles. The van der Waals surface area contributed by atoms with Gasteiger partial charge in [0.2, 0.25) is 5.88 Å². The second kappa shape index (κ2) is 6.87. The minimum atomic E-state index is -1.04. The Morgan fingerprint density at radius 2 is 2.04 bits per heavy atom. The summed E-state index contributed by atoms with van der Waals surface area (Å²) in [6, 6.07) is 5.51. The van der Waals surface area contributed by atoms with Gasteiger partial charge in [-0.1, -0.05) is 6.07 Å². The number of phenols is 1. The Hall–Kier alpha value is -3.00. The van der Waals surface area contributed by atoms with Gasteiger partial charge < -0.3 is 15.2 Å². The summed E-state index contributed by atoms with van der Waals surface area (Å²) in [7, 11) is 0. The number of phenolic OH excluding ortho intramolecular Hbond substituents is 1. The number of rotatable bonds is 4. The van der Waals surface area contributed by atoms with Gasteiger partial charge in [-0.2, -0.15) is 5.10 Å². The zero-order chi connectivity index (χ0) is 19.1. The van der Waals surface area contributed by atoms with Crippen molar-refractivity contribution in [3.63, 3.8) is 0 Å². The van der Waals surface area contributed by atoms with E-state index in [9.17, 15) is 9.50 Å². The topological polar surface area (TPSA) is 96.0 Å². The van der Waals surface area contributed by atoms with Crippen LogP contribution in [0.25, 0.3) is 22.4 Å². The fraction of sp³-hybridized carbons (Fsp3) is 0.350. The molecule has 5 rings (SSSR count). The van der Waals surface area contributed by atoms with Crippen LogP contribution in [0.15, 0.2) is 43.0 Å². The van der Waals surface area contributed by atoms with E-state index in [1.807, 2.05) is 6.07 Å². The van der Waals surface area contributed by atoms with Crippen LogP contribution in [0.3, 0.4) is 0 Å². The van der Waals surface area contributed by atoms with E-state index in [0.717, 1.165) is 24.0 Å². The van der Waals surface area contributed by atoms with Crippen molar-refractivity contribution in [1.82, 2.24) is 25.5 Å². The van der Waals surface area contributed by atoms with Crippen LogP contribution >= 0.6 is 0 Å². The molecular weight excluding hydrogens is 361 g/mol. The SMILES string of the molecule is Oc1cc(-c2cn[nH]c2)ccc1-c1cnc(O[C@@H]2CC3CCC(N3)[C@H]2F)cn1. The van der Waals surface area contributed by atoms with Crippen molar-refractivity contribution in [3.05, 3.63) is 43.0 Å². The van der Waals surface area contributed by atoms with Gasteiger partial charge in [0.1, 0.15) is 11.9 Å². The van der Waals surface area contributed by atoms with Crippen molar-refractivity contribution in [2.75, 3.05) is 0 Å². The van der Waals surface area contributed by atoms with Crippen LogP contribution in [0.4, 0.5) is 4.39 Å². The molecular formula is C20H20FN5O2. The summed E-state index contributed by atoms with van der Waals surface area (Å²) in [4.78, 5) is 8.61. The molecule has 2 aliphatic rings. The maximum Gasteiger partial charge on any atom is 0.232 e. The Bertz CT molecular complexity index is 963. The molecule has 4 atom stereocenters. The highest BCUT2D eigenvalue weighted by molar-refractivity contribution is 5.73. The van der Waals surface area contributed by atoms with Gasteiger partial charge in [-0.3, -0.25) is 5.10 Å². The molecule has 28 heavy (non-hydrogen) atoms. The standard InChI is InChI=1S/C20H20FN5O2/c21-20-15-4-2-13(26-15)6-18(20)28-19-10-22-16(9-23-19)14-3-1-11(5-17(14)27)12-7-24-25-8-12/h1,3,5,7-10,13,15,18,20,26-27H,2,4,6H2,(H,24,25)/t13?,15?,18-,20-/m1/s1. The third-order valence-corrected chi connectivity index (χ3v) is 5.54. The lowest BCUT2D eigenvalue weighted by molar-refractivity contribution is 0.0425. The number of fused-ring (bicyclic) bond motifs is 2. The van der Waals surface area contributed by atoms with Crippen molar-refractivity contribution in [3.8, 4) is 34.0 Å². The molecule has 3 N–H and O–H groups in total. The molecule has 4 heterocycles. The molecule has 144 valence electrons. The third kappa shape index (κ3) is 3.09. The molecule has 0 amide bonds. The van der Waals surface area contributed by atoms with Crippen LogP contribution < -0.4 is 10.1 Å². The quantitative estimate of drug-likeness (QED) is 0.643. The Kier molecular flexibility index (Phi) is 4.20. The van der Waals surface area contributed by atoms with E-state index in [4.69, 9.17) is 4.74 Å². The molecule has 1 aromatic carbocycles. The maximum atomic E-state index is 14.5. The minimum Gasteiger partial charge on any atom is -0.507 e. The van der Waals surface area contributed by atoms with Crippen molar-refractivity contribution >= 4 is 0 Å². The Morgan fingerprint density at radius 3 is 2.79 bits per heavy atom. The summed E-state index contributed by atoms with van der Waals surface area (Å²) in [5.74, 6) is 0.396. The number of H-pyrrole nitrogens is 1. The Balaban J connectivity index is 1.32. The summed E-state index contributed by atoms with van der Waals surface area (Å²) in [5, 5.41) is 20.3. The Labute approximate surface area is 161 Å². The van der Waals surface area contributed by atoms with Crippen molar-refractivity contribution in [1.29, 1.82) is 0 Å². The van der Waals surface area contributed by atoms with Gasteiger partial charge in [-0.15, -0.1) is 0 Å². The average Bonchev–Trinajstić information content (AvgIpc) is 3.37. The van der Waals surface area contributed by atoms with Crippen LogP contribution in [-0.2, 0) is 0 Å². The molecule has 2 aliphatic heterocycles. The number of nitrogens with one attached hydrogen (secondary N) is 2. The normalized spacial score (nSPS) is 26.3. The number of alkyl halides is 1. The van der Waals surface area contributed by atoms with Crippen molar-refractivity contribution in [2.24, 2.45) is 0 Å². The molecule has 2 aromatic heterocycles. The lowest BCUT2D eigenvalue weighted by Crippen LogP contribution is -2.51. The number of benzene rings is 1. The predicted molar refractivity (Wildman–Crippen MR) is 101 cm³/mol. The summed E-state index contributed by atoms with van der Waals surface area (Å²) in [5.41, 5.74) is 2.81. The Morgan fingerprint density at radius 1 is 1.11 bits per heavy atom. The van der Waals surface area contributed by atoms with Gasteiger partial charge in [-0.25, -0.2) is 14.4 Å². The molecule has 0 aliphatic carbocycles. The van der Waals surface area contributed by atoms with E-state index in [1.54, 1.807) is 24.5 Å². The second-order valence-electron chi connectivity index (χ2n) is 7.34. The van der Waals surface area contributed by atoms with E-state index in [0.29, 0.717) is 29.6 Å². The van der Waals surface area contributed by atoms with Gasteiger partial charge >= 0.3 is 0 Å². The summed E-state index contributed by atoms with van der Waals surface area (Å²) >= 11 is 0. The lowest BCUT2D eigenvalue weighted by Gasteiger charge is -2.32. The van der Waals surface area contributed by atoms with Crippen LogP contribution in [0.1, 0.15) is 19.3 Å². The van der Waals surface area contributed by atoms with Gasteiger partial charge in [0.05, 0.1) is 24.3 Å². The van der Waals surface area contributed by atoms with E-state index in [1.165, 1.54) is 12.4 Å². The van der Waals surface area contributed by atoms with Gasteiger partial charge in [0.25, 0.3) is 0 Å². The molecule has 2 fully saturated rings. The maximum absolute atomic E-state index is 14.5. The zero-order valence-corrected chi connectivity index (χ0v) is 15.0. The van der Waals surface area contributed by atoms with Crippen LogP contribution in [-0.4, -0.2) is 49.6 Å². The molecule has 2 unspecified atom stereocenters. The zero-order valence-electron chi connectivity index (χ0n) is 15.0. The number of hydrogen-bond donors (Lipinski definition) is 3. The monoisotopic (exact) mass is 381 g/mol. The number of aromatic nitrogens is 4. The van der Waals surface area contributed by atoms with Crippen LogP contribution in [0.2, 0.25) is 0 Å². The average molecular weight is 381 g/mol. The van der Waals surface area contributed by atoms with Crippen LogP contribution in [0.5, 0.6) is 11.6 Å². The lowest BCUT2D eigenvalue weighted by atomic mass is 10.0. The fourth-order valence-corrected chi connectivity index (χ4v) is 4.08. The predicted octanol–water partition coefficient (Wildman–Crippen LogP) is 2.85. The fourth-order valence-electron chi connectivity index (χ4n) is 4.08. The van der Waals surface area contributed by atoms with E-state index >= 15 is 0 Å². The number of aromatic hydroxyl groups is 1. The van der Waals surface area contributed by atoms with Gasteiger partial charge in [0, 0.05) is 35.8 Å². The summed E-state index contributed by atoms with van der Waals surface area (Å²) in [6.07, 6.45) is 7.39. The highest BCUT2D eigenvalue weighted by Crippen LogP contribution is 2.33. The number of ether oxygens (including phenoxy) is 1. The van der Waals surface area contributed by atoms with Crippen LogP contribution in [0, 0.1) is 0 Å². The molecule has 8 heteroatoms. The van der Waals surface area contributed by atoms with E-state index < -0.39 is 12.3 Å². The van der Waals surface area contributed by atoms with Gasteiger partial charge in [0.15, 0.2) is 6.17 Å². The molecule has 0 radical (unpaired) electrons. The smallest absolute Gasteiger partial charge is 0.232 e. The summed E-state index contributed by atoms with van der Waals surface area (Å²) in [6.45, 7) is 0. The summed E-state index contributed by atoms with van der Waals surface area (Å²) < 4.78 is 20.3. The number of piperidine rings is 1. The van der Waals surface area contributed by atoms with Gasteiger partial charge in [-0.05, 0) is 30.5 Å². The highest BCUT2D eigenvalue weighted by Gasteiger charge is 2.43. The molecule has 7 nitrogen and oxygen atoms in total. The molecule has 0 spiro atoms. The van der Waals surface area contributed by atoms with E-state index in [-0.39, 0.29) is 11.8 Å². The number of hydrogen-bond acceptors (Lipinski definition) is 6. The molecule has 3 aromatic rings. The first-order valence-corrected chi connectivity index (χ1v) is 9.39. The van der Waals surface area contributed by atoms with E-state index in [2.05, 4.69) is 25.5 Å². The van der Waals surface area contributed by atoms with Crippen molar-refractivity contribution in [2.45, 2.75) is 43.6 Å². The highest BCUT2D eigenvalue weighted by atomic mass is 19.1.